The number of rotatable bonds is 3. The first-order chi connectivity index (χ1) is 8.87. The average molecular weight is 318 g/mol. The Labute approximate surface area is 130 Å². The first-order valence-corrected chi connectivity index (χ1v) is 8.57. The predicted molar refractivity (Wildman–Crippen MR) is 87.5 cm³/mol. The van der Waals surface area contributed by atoms with Gasteiger partial charge in [-0.25, -0.2) is 0 Å². The summed E-state index contributed by atoms with van der Waals surface area (Å²) in [5.41, 5.74) is 1.55. The molecule has 106 valence electrons. The summed E-state index contributed by atoms with van der Waals surface area (Å²) in [4.78, 5) is 0. The molecule has 1 aromatic rings. The molecule has 1 aromatic carbocycles. The van der Waals surface area contributed by atoms with Gasteiger partial charge in [0.1, 0.15) is 0 Å². The molecule has 1 N–H and O–H groups in total. The van der Waals surface area contributed by atoms with Gasteiger partial charge in [-0.15, -0.1) is 0 Å². The van der Waals surface area contributed by atoms with Crippen LogP contribution in [-0.2, 0) is 0 Å². The van der Waals surface area contributed by atoms with Crippen molar-refractivity contribution >= 4 is 35.0 Å². The van der Waals surface area contributed by atoms with Crippen LogP contribution in [0.25, 0.3) is 0 Å². The van der Waals surface area contributed by atoms with Crippen molar-refractivity contribution in [1.82, 2.24) is 5.32 Å². The highest BCUT2D eigenvalue weighted by atomic mass is 35.5. The maximum Gasteiger partial charge on any atom is 0.0468 e. The fraction of sp³-hybridized carbons (Fsp3) is 0.600. The number of hydrogen-bond acceptors (Lipinski definition) is 2. The monoisotopic (exact) mass is 317 g/mol. The number of nitrogens with one attached hydrogen (secondary N) is 1. The first-order valence-electron chi connectivity index (χ1n) is 6.66. The van der Waals surface area contributed by atoms with E-state index in [1.807, 2.05) is 30.0 Å². The lowest BCUT2D eigenvalue weighted by Crippen LogP contribution is -2.41. The van der Waals surface area contributed by atoms with Gasteiger partial charge in [-0.1, -0.05) is 43.1 Å². The number of benzene rings is 1. The molecular weight excluding hydrogens is 297 g/mol. The molecular formula is C15H21Cl2NS. The average Bonchev–Trinajstić information content (AvgIpc) is 2.27. The Kier molecular flexibility index (Phi) is 5.10. The van der Waals surface area contributed by atoms with Gasteiger partial charge < -0.3 is 5.32 Å². The normalized spacial score (nSPS) is 24.2. The van der Waals surface area contributed by atoms with E-state index in [-0.39, 0.29) is 6.04 Å². The highest BCUT2D eigenvalue weighted by Gasteiger charge is 2.29. The van der Waals surface area contributed by atoms with Gasteiger partial charge in [0.05, 0.1) is 0 Å². The molecule has 19 heavy (non-hydrogen) atoms. The van der Waals surface area contributed by atoms with E-state index in [0.717, 1.165) is 10.6 Å². The van der Waals surface area contributed by atoms with Gasteiger partial charge in [0.15, 0.2) is 0 Å². The van der Waals surface area contributed by atoms with Gasteiger partial charge in [-0.05, 0) is 42.2 Å². The van der Waals surface area contributed by atoms with Crippen LogP contribution in [0.1, 0.15) is 38.8 Å². The Hall–Kier alpha value is 0.110. The van der Waals surface area contributed by atoms with Crippen LogP contribution in [0.15, 0.2) is 18.2 Å². The number of halogens is 2. The summed E-state index contributed by atoms with van der Waals surface area (Å²) in [5.74, 6) is 2.43. The van der Waals surface area contributed by atoms with E-state index in [0.29, 0.717) is 16.5 Å². The zero-order valence-electron chi connectivity index (χ0n) is 11.7. The minimum absolute atomic E-state index is 0.254. The lowest BCUT2D eigenvalue weighted by Gasteiger charge is -2.36. The number of thioether (sulfide) groups is 1. The van der Waals surface area contributed by atoms with Crippen molar-refractivity contribution in [3.63, 3.8) is 0 Å². The maximum atomic E-state index is 6.27. The van der Waals surface area contributed by atoms with Gasteiger partial charge in [0, 0.05) is 27.9 Å². The van der Waals surface area contributed by atoms with Gasteiger partial charge in [-0.3, -0.25) is 0 Å². The molecule has 1 heterocycles. The topological polar surface area (TPSA) is 12.0 Å². The lowest BCUT2D eigenvalue weighted by molar-refractivity contribution is 0.305. The van der Waals surface area contributed by atoms with Crippen LogP contribution in [0.4, 0.5) is 0 Å². The summed E-state index contributed by atoms with van der Waals surface area (Å²) in [5, 5.41) is 5.14. The standard InChI is InChI=1S/C15H21Cl2NS/c1-10(13-5-4-11(16)6-14(13)17)18-12-7-15(2,3)9-19-8-12/h4-6,10,12,18H,7-9H2,1-3H3. The zero-order valence-corrected chi connectivity index (χ0v) is 14.0. The van der Waals surface area contributed by atoms with Gasteiger partial charge in [0.2, 0.25) is 0 Å². The molecule has 0 saturated carbocycles. The van der Waals surface area contributed by atoms with Crippen molar-refractivity contribution in [3.05, 3.63) is 33.8 Å². The molecule has 4 heteroatoms. The zero-order chi connectivity index (χ0) is 14.0. The molecule has 1 aliphatic rings. The summed E-state index contributed by atoms with van der Waals surface area (Å²) in [6, 6.07) is 6.54. The highest BCUT2D eigenvalue weighted by molar-refractivity contribution is 7.99. The molecule has 1 aliphatic heterocycles. The molecule has 0 radical (unpaired) electrons. The summed E-state index contributed by atoms with van der Waals surface area (Å²) in [6.07, 6.45) is 1.22. The maximum absolute atomic E-state index is 6.27. The third-order valence-corrected chi connectivity index (χ3v) is 5.71. The van der Waals surface area contributed by atoms with Crippen molar-refractivity contribution in [2.45, 2.75) is 39.3 Å². The lowest BCUT2D eigenvalue weighted by atomic mass is 9.87. The van der Waals surface area contributed by atoms with Gasteiger partial charge >= 0.3 is 0 Å². The van der Waals surface area contributed by atoms with Crippen LogP contribution in [0, 0.1) is 5.41 Å². The molecule has 2 unspecified atom stereocenters. The van der Waals surface area contributed by atoms with E-state index < -0.39 is 0 Å². The Balaban J connectivity index is 2.02. The van der Waals surface area contributed by atoms with E-state index in [1.165, 1.54) is 17.9 Å². The fourth-order valence-corrected chi connectivity index (χ4v) is 4.52. The smallest absolute Gasteiger partial charge is 0.0468 e. The second kappa shape index (κ2) is 6.26. The quantitative estimate of drug-likeness (QED) is 0.824. The molecule has 1 saturated heterocycles. The Morgan fingerprint density at radius 2 is 2.11 bits per heavy atom. The Morgan fingerprint density at radius 1 is 1.37 bits per heavy atom. The van der Waals surface area contributed by atoms with Gasteiger partial charge in [-0.2, -0.15) is 11.8 Å². The van der Waals surface area contributed by atoms with Crippen molar-refractivity contribution in [2.24, 2.45) is 5.41 Å². The summed E-state index contributed by atoms with van der Waals surface area (Å²) < 4.78 is 0. The second-order valence-corrected chi connectivity index (χ2v) is 8.01. The molecule has 0 bridgehead atoms. The second-order valence-electron chi connectivity index (χ2n) is 6.13. The fourth-order valence-electron chi connectivity index (χ4n) is 2.67. The van der Waals surface area contributed by atoms with E-state index in [2.05, 4.69) is 26.1 Å². The molecule has 0 spiro atoms. The van der Waals surface area contributed by atoms with Crippen LogP contribution in [0.3, 0.4) is 0 Å². The first kappa shape index (κ1) is 15.5. The highest BCUT2D eigenvalue weighted by Crippen LogP contribution is 2.35. The van der Waals surface area contributed by atoms with Crippen LogP contribution in [-0.4, -0.2) is 17.5 Å². The van der Waals surface area contributed by atoms with Crippen molar-refractivity contribution < 1.29 is 0 Å². The minimum Gasteiger partial charge on any atom is -0.307 e. The van der Waals surface area contributed by atoms with Crippen LogP contribution >= 0.6 is 35.0 Å². The molecule has 0 aliphatic carbocycles. The van der Waals surface area contributed by atoms with Crippen LogP contribution < -0.4 is 5.32 Å². The van der Waals surface area contributed by atoms with Crippen molar-refractivity contribution in [3.8, 4) is 0 Å². The summed E-state index contributed by atoms with van der Waals surface area (Å²) in [6.45, 7) is 6.85. The number of hydrogen-bond donors (Lipinski definition) is 1. The van der Waals surface area contributed by atoms with E-state index in [4.69, 9.17) is 23.2 Å². The third-order valence-electron chi connectivity index (χ3n) is 3.53. The van der Waals surface area contributed by atoms with Crippen LogP contribution in [0.5, 0.6) is 0 Å². The molecule has 1 nitrogen and oxygen atoms in total. The van der Waals surface area contributed by atoms with Crippen molar-refractivity contribution in [2.75, 3.05) is 11.5 Å². The minimum atomic E-state index is 0.254. The van der Waals surface area contributed by atoms with Crippen LogP contribution in [0.2, 0.25) is 10.0 Å². The molecule has 1 fully saturated rings. The molecule has 2 atom stereocenters. The third kappa shape index (κ3) is 4.29. The van der Waals surface area contributed by atoms with E-state index in [9.17, 15) is 0 Å². The van der Waals surface area contributed by atoms with Crippen molar-refractivity contribution in [1.29, 1.82) is 0 Å². The van der Waals surface area contributed by atoms with E-state index in [1.54, 1.807) is 0 Å². The Bertz CT molecular complexity index is 448. The summed E-state index contributed by atoms with van der Waals surface area (Å²) >= 11 is 14.2. The van der Waals surface area contributed by atoms with E-state index >= 15 is 0 Å². The molecule has 0 aromatic heterocycles. The Morgan fingerprint density at radius 3 is 2.74 bits per heavy atom. The molecule has 2 rings (SSSR count). The van der Waals surface area contributed by atoms with Gasteiger partial charge in [0.25, 0.3) is 0 Å². The largest absolute Gasteiger partial charge is 0.307 e. The summed E-state index contributed by atoms with van der Waals surface area (Å²) in [7, 11) is 0. The molecule has 0 amide bonds. The SMILES string of the molecule is CC(NC1CSCC(C)(C)C1)c1ccc(Cl)cc1Cl. The predicted octanol–water partition coefficient (Wildman–Crippen LogP) is 5.18.